The highest BCUT2D eigenvalue weighted by Gasteiger charge is 2.29. The Labute approximate surface area is 281 Å². The Bertz CT molecular complexity index is 1160. The van der Waals surface area contributed by atoms with E-state index >= 15 is 0 Å². The minimum atomic E-state index is -1.57. The van der Waals surface area contributed by atoms with Crippen LogP contribution in [0.2, 0.25) is 0 Å². The quantitative estimate of drug-likeness (QED) is 0.0797. The van der Waals surface area contributed by atoms with Crippen LogP contribution in [0.4, 0.5) is 0 Å². The first-order valence-electron chi connectivity index (χ1n) is 17.6. The largest absolute Gasteiger partial charge is 0.490 e. The van der Waals surface area contributed by atoms with Gasteiger partial charge >= 0.3 is 11.9 Å². The number of ether oxygens (including phenoxy) is 4. The first-order valence-corrected chi connectivity index (χ1v) is 17.6. The van der Waals surface area contributed by atoms with Crippen molar-refractivity contribution in [2.24, 2.45) is 0 Å². The number of amides is 1. The van der Waals surface area contributed by atoms with Gasteiger partial charge in [-0.3, -0.25) is 4.79 Å². The minimum absolute atomic E-state index is 0.204. The Balaban J connectivity index is 1.89. The third-order valence-corrected chi connectivity index (χ3v) is 8.05. The highest BCUT2D eigenvalue weighted by Crippen LogP contribution is 2.29. The third-order valence-electron chi connectivity index (χ3n) is 8.05. The van der Waals surface area contributed by atoms with E-state index in [1.165, 1.54) is 83.8 Å². The van der Waals surface area contributed by atoms with E-state index in [9.17, 15) is 19.5 Å². The Morgan fingerprint density at radius 1 is 0.745 bits per heavy atom. The number of benzene rings is 2. The second kappa shape index (κ2) is 24.6. The molecule has 0 aliphatic rings. The lowest BCUT2D eigenvalue weighted by molar-refractivity contribution is -0.151. The van der Waals surface area contributed by atoms with Crippen molar-refractivity contribution in [1.29, 1.82) is 0 Å². The maximum absolute atomic E-state index is 13.3. The van der Waals surface area contributed by atoms with Crippen LogP contribution in [0.3, 0.4) is 0 Å². The summed E-state index contributed by atoms with van der Waals surface area (Å²) in [4.78, 5) is 37.5. The van der Waals surface area contributed by atoms with Crippen LogP contribution in [-0.4, -0.2) is 62.0 Å². The molecule has 0 heterocycles. The SMILES string of the molecule is CCCCCCCCCCCCCCCCOc1ccc(C(=O)N[C@@H](Cc2ccccc2)[C@@H](O)C(=O)OC)cc1OCC(=O)OCC. The van der Waals surface area contributed by atoms with Crippen LogP contribution in [0.1, 0.15) is 120 Å². The summed E-state index contributed by atoms with van der Waals surface area (Å²) in [5.41, 5.74) is 1.04. The number of esters is 2. The van der Waals surface area contributed by atoms with Crippen molar-refractivity contribution in [3.8, 4) is 11.5 Å². The normalized spacial score (nSPS) is 12.2. The van der Waals surface area contributed by atoms with Gasteiger partial charge in [0.05, 0.1) is 26.4 Å². The van der Waals surface area contributed by atoms with E-state index in [1.807, 2.05) is 30.3 Å². The van der Waals surface area contributed by atoms with Crippen LogP contribution in [0.15, 0.2) is 48.5 Å². The molecule has 0 unspecified atom stereocenters. The van der Waals surface area contributed by atoms with Crippen molar-refractivity contribution < 1.29 is 38.4 Å². The van der Waals surface area contributed by atoms with E-state index in [1.54, 1.807) is 19.1 Å². The van der Waals surface area contributed by atoms with Gasteiger partial charge in [-0.15, -0.1) is 0 Å². The van der Waals surface area contributed by atoms with Gasteiger partial charge in [0.25, 0.3) is 5.91 Å². The van der Waals surface area contributed by atoms with Crippen molar-refractivity contribution in [2.75, 3.05) is 26.9 Å². The molecule has 0 aliphatic carbocycles. The van der Waals surface area contributed by atoms with Gasteiger partial charge in [0.15, 0.2) is 24.2 Å². The molecule has 2 atom stereocenters. The first-order chi connectivity index (χ1) is 22.9. The summed E-state index contributed by atoms with van der Waals surface area (Å²) in [6.45, 7) is 4.32. The van der Waals surface area contributed by atoms with E-state index in [0.717, 1.165) is 24.8 Å². The molecular weight excluding hydrogens is 598 g/mol. The van der Waals surface area contributed by atoms with Crippen LogP contribution in [-0.2, 0) is 25.5 Å². The van der Waals surface area contributed by atoms with Crippen molar-refractivity contribution >= 4 is 17.8 Å². The topological polar surface area (TPSA) is 120 Å². The lowest BCUT2D eigenvalue weighted by Crippen LogP contribution is -2.48. The van der Waals surface area contributed by atoms with Gasteiger partial charge in [-0.25, -0.2) is 9.59 Å². The number of methoxy groups -OCH3 is 1. The molecule has 9 nitrogen and oxygen atoms in total. The monoisotopic (exact) mass is 655 g/mol. The predicted octanol–water partition coefficient (Wildman–Crippen LogP) is 7.36. The molecule has 9 heteroatoms. The molecule has 0 bridgehead atoms. The van der Waals surface area contributed by atoms with Crippen molar-refractivity contribution in [2.45, 2.75) is 122 Å². The van der Waals surface area contributed by atoms with Crippen LogP contribution in [0, 0.1) is 0 Å². The number of carbonyl (C=O) groups excluding carboxylic acids is 3. The fourth-order valence-corrected chi connectivity index (χ4v) is 5.35. The molecule has 0 saturated heterocycles. The molecule has 0 aliphatic heterocycles. The molecule has 0 radical (unpaired) electrons. The molecular formula is C38H57NO8. The lowest BCUT2D eigenvalue weighted by atomic mass is 10.0. The molecule has 0 spiro atoms. The van der Waals surface area contributed by atoms with Gasteiger partial charge < -0.3 is 29.4 Å². The van der Waals surface area contributed by atoms with Crippen molar-refractivity contribution in [3.05, 3.63) is 59.7 Å². The molecule has 262 valence electrons. The number of hydrogen-bond acceptors (Lipinski definition) is 8. The standard InChI is InChI=1S/C38H57NO8/c1-4-6-7-8-9-10-11-12-13-14-15-16-17-21-26-46-33-25-24-31(28-34(33)47-29-35(40)45-5-2)37(42)39-32(36(41)38(43)44-3)27-30-22-19-18-20-23-30/h18-20,22-25,28,32,36,41H,4-17,21,26-27,29H2,1-3H3,(H,39,42)/t32-,36+/m0/s1. The molecule has 0 fully saturated rings. The van der Waals surface area contributed by atoms with Crippen LogP contribution < -0.4 is 14.8 Å². The predicted molar refractivity (Wildman–Crippen MR) is 184 cm³/mol. The first kappa shape index (κ1) is 39.6. The van der Waals surface area contributed by atoms with E-state index in [4.69, 9.17) is 18.9 Å². The van der Waals surface area contributed by atoms with Gasteiger partial charge in [0, 0.05) is 5.56 Å². The van der Waals surface area contributed by atoms with Gasteiger partial charge in [0.1, 0.15) is 0 Å². The summed E-state index contributed by atoms with van der Waals surface area (Å²) >= 11 is 0. The lowest BCUT2D eigenvalue weighted by Gasteiger charge is -2.23. The molecule has 0 aromatic heterocycles. The summed E-state index contributed by atoms with van der Waals surface area (Å²) < 4.78 is 21.4. The molecule has 2 N–H and O–H groups in total. The van der Waals surface area contributed by atoms with E-state index in [2.05, 4.69) is 12.2 Å². The Hall–Kier alpha value is -3.59. The number of aliphatic hydroxyl groups is 1. The van der Waals surface area contributed by atoms with E-state index < -0.39 is 30.0 Å². The van der Waals surface area contributed by atoms with Crippen LogP contribution >= 0.6 is 0 Å². The number of hydrogen-bond donors (Lipinski definition) is 2. The molecule has 1 amide bonds. The van der Waals surface area contributed by atoms with E-state index in [-0.39, 0.29) is 30.9 Å². The summed E-state index contributed by atoms with van der Waals surface area (Å²) in [5, 5.41) is 13.4. The summed E-state index contributed by atoms with van der Waals surface area (Å²) in [6, 6.07) is 13.0. The van der Waals surface area contributed by atoms with Crippen molar-refractivity contribution in [3.63, 3.8) is 0 Å². The minimum Gasteiger partial charge on any atom is -0.490 e. The second-order valence-electron chi connectivity index (χ2n) is 11.9. The molecule has 2 aromatic rings. The summed E-state index contributed by atoms with van der Waals surface area (Å²) in [5.74, 6) is -1.28. The fourth-order valence-electron chi connectivity index (χ4n) is 5.35. The van der Waals surface area contributed by atoms with Gasteiger partial charge in [-0.05, 0) is 43.5 Å². The highest BCUT2D eigenvalue weighted by molar-refractivity contribution is 5.95. The highest BCUT2D eigenvalue weighted by atomic mass is 16.6. The molecule has 47 heavy (non-hydrogen) atoms. The van der Waals surface area contributed by atoms with E-state index in [0.29, 0.717) is 12.4 Å². The number of rotatable bonds is 26. The Morgan fingerprint density at radius 2 is 1.34 bits per heavy atom. The summed E-state index contributed by atoms with van der Waals surface area (Å²) in [7, 11) is 1.18. The van der Waals surface area contributed by atoms with Crippen LogP contribution in [0.25, 0.3) is 0 Å². The Morgan fingerprint density at radius 3 is 1.91 bits per heavy atom. The average Bonchev–Trinajstić information content (AvgIpc) is 3.08. The fraction of sp³-hybridized carbons (Fsp3) is 0.605. The number of nitrogens with one attached hydrogen (secondary N) is 1. The number of unbranched alkanes of at least 4 members (excludes halogenated alkanes) is 13. The van der Waals surface area contributed by atoms with Gasteiger partial charge in [-0.2, -0.15) is 0 Å². The zero-order chi connectivity index (χ0) is 34.1. The van der Waals surface area contributed by atoms with Gasteiger partial charge in [-0.1, -0.05) is 121 Å². The number of aliphatic hydroxyl groups excluding tert-OH is 1. The Kier molecular flexibility index (Phi) is 20.7. The molecule has 2 aromatic carbocycles. The molecule has 2 rings (SSSR count). The average molecular weight is 656 g/mol. The maximum atomic E-state index is 13.3. The summed E-state index contributed by atoms with van der Waals surface area (Å²) in [6.07, 6.45) is 16.4. The van der Waals surface area contributed by atoms with Gasteiger partial charge in [0.2, 0.25) is 0 Å². The number of carbonyl (C=O) groups is 3. The van der Waals surface area contributed by atoms with Crippen LogP contribution in [0.5, 0.6) is 11.5 Å². The molecule has 0 saturated carbocycles. The second-order valence-corrected chi connectivity index (χ2v) is 11.9. The zero-order valence-corrected chi connectivity index (χ0v) is 28.8. The smallest absolute Gasteiger partial charge is 0.344 e. The maximum Gasteiger partial charge on any atom is 0.344 e. The zero-order valence-electron chi connectivity index (χ0n) is 28.8. The third kappa shape index (κ3) is 16.7. The van der Waals surface area contributed by atoms with Crippen molar-refractivity contribution in [1.82, 2.24) is 5.32 Å².